The van der Waals surface area contributed by atoms with Crippen molar-refractivity contribution in [1.29, 1.82) is 0 Å². The third kappa shape index (κ3) is 16.1. The third-order valence-corrected chi connectivity index (χ3v) is 6.07. The van der Waals surface area contributed by atoms with Crippen LogP contribution in [0, 0.1) is 0 Å². The molecule has 0 aromatic heterocycles. The Kier molecular flexibility index (Phi) is 20.1. The van der Waals surface area contributed by atoms with Gasteiger partial charge in [0.25, 0.3) is 0 Å². The molecule has 2 aromatic carbocycles. The van der Waals surface area contributed by atoms with Crippen LogP contribution in [0.1, 0.15) is 30.4 Å². The van der Waals surface area contributed by atoms with Gasteiger partial charge >= 0.3 is 22.4 Å². The van der Waals surface area contributed by atoms with Crippen molar-refractivity contribution >= 4 is 54.8 Å². The summed E-state index contributed by atoms with van der Waals surface area (Å²) in [5, 5.41) is 11.9. The van der Waals surface area contributed by atoms with Crippen LogP contribution in [0.25, 0.3) is 12.2 Å². The number of carbonyl (C=O) groups is 1. The fourth-order valence-electron chi connectivity index (χ4n) is 3.59. The molecule has 0 saturated heterocycles. The second kappa shape index (κ2) is 22.5. The van der Waals surface area contributed by atoms with Crippen LogP contribution in [0.15, 0.2) is 65.7 Å². The summed E-state index contributed by atoms with van der Waals surface area (Å²) in [5.41, 5.74) is 3.04. The Balaban J connectivity index is 0.00000391. The van der Waals surface area contributed by atoms with Gasteiger partial charge in [0.05, 0.1) is 6.61 Å². The zero-order valence-electron chi connectivity index (χ0n) is 23.2. The molecule has 0 saturated carbocycles. The Hall–Kier alpha value is -2.23. The molecule has 0 aliphatic rings. The van der Waals surface area contributed by atoms with Crippen LogP contribution >= 0.6 is 0 Å². The van der Waals surface area contributed by atoms with Crippen LogP contribution in [0.3, 0.4) is 0 Å². The number of ketones is 1. The van der Waals surface area contributed by atoms with E-state index < -0.39 is 0 Å². The summed E-state index contributed by atoms with van der Waals surface area (Å²) in [6.07, 6.45) is 9.66. The number of rotatable bonds is 18. The van der Waals surface area contributed by atoms with Gasteiger partial charge in [-0.1, -0.05) is 36.4 Å². The average molecular weight is 668 g/mol. The van der Waals surface area contributed by atoms with E-state index in [1.165, 1.54) is 0 Å². The second-order valence-corrected chi connectivity index (χ2v) is 9.81. The molecule has 0 spiro atoms. The van der Waals surface area contributed by atoms with E-state index in [0.717, 1.165) is 67.2 Å². The van der Waals surface area contributed by atoms with Gasteiger partial charge in [-0.3, -0.25) is 4.79 Å². The number of aliphatic imine (C=N–C) groups is 1. The van der Waals surface area contributed by atoms with Gasteiger partial charge in [0.2, 0.25) is 0 Å². The first-order valence-electron chi connectivity index (χ1n) is 13.1. The van der Waals surface area contributed by atoms with Crippen molar-refractivity contribution in [2.45, 2.75) is 19.3 Å². The number of allylic oxidation sites excluding steroid dienone is 2. The maximum atomic E-state index is 12.2. The molecule has 0 heterocycles. The molecule has 2 aromatic rings. The predicted octanol–water partition coefficient (Wildman–Crippen LogP) is 3.63. The number of unbranched alkanes of at least 4 members (excludes halogenated alkanes) is 2. The molecule has 7 nitrogen and oxygen atoms in total. The molecule has 0 unspecified atom stereocenters. The molecule has 10 heteroatoms. The van der Waals surface area contributed by atoms with E-state index in [4.69, 9.17) is 33.5 Å². The number of anilines is 1. The van der Waals surface area contributed by atoms with Gasteiger partial charge in [0.15, 0.2) is 5.78 Å². The number of carbonyl (C=O) groups excluding carboxylic acids is 1. The summed E-state index contributed by atoms with van der Waals surface area (Å²) in [5.74, 6) is 1.68. The van der Waals surface area contributed by atoms with Crippen molar-refractivity contribution in [1.82, 2.24) is 4.90 Å². The molecule has 0 fully saturated rings. The van der Waals surface area contributed by atoms with Crippen LogP contribution in [0.4, 0.5) is 5.69 Å². The normalized spacial score (nSPS) is 11.6. The van der Waals surface area contributed by atoms with Gasteiger partial charge in [-0.25, -0.2) is 0 Å². The van der Waals surface area contributed by atoms with Crippen molar-refractivity contribution < 1.29 is 37.0 Å². The molecular weight excluding hydrogens is 629 g/mol. The molecule has 0 N–H and O–H groups in total. The Bertz CT molecular complexity index is 1060. The Morgan fingerprint density at radius 1 is 0.900 bits per heavy atom. The number of ether oxygens (including phenoxy) is 1. The zero-order chi connectivity index (χ0) is 29.6. The van der Waals surface area contributed by atoms with Crippen molar-refractivity contribution in [2.75, 3.05) is 63.3 Å². The number of nitrogens with zero attached hydrogens (tertiary/aromatic N) is 3. The summed E-state index contributed by atoms with van der Waals surface area (Å²) < 4.78 is 14.1. The van der Waals surface area contributed by atoms with E-state index in [9.17, 15) is 9.90 Å². The van der Waals surface area contributed by atoms with Crippen LogP contribution in [0.5, 0.6) is 5.75 Å². The van der Waals surface area contributed by atoms with Gasteiger partial charge in [-0.05, 0) is 85.8 Å². The average Bonchev–Trinajstić information content (AvgIpc) is 2.97. The third-order valence-electron chi connectivity index (χ3n) is 5.70. The fourth-order valence-corrected chi connectivity index (χ4v) is 3.94. The van der Waals surface area contributed by atoms with Gasteiger partial charge in [-0.15, -0.1) is 0 Å². The quantitative estimate of drug-likeness (QED) is 0.0784. The van der Waals surface area contributed by atoms with Crippen LogP contribution in [-0.4, -0.2) is 75.0 Å². The molecule has 0 amide bonds. The number of hydrogen-bond acceptors (Lipinski definition) is 9. The standard InChI is InChI=1S/C30H41N3O3S2.O.Tc/c1-32(2)27-12-6-25(7-13-27)8-14-28(34)15-9-26-10-16-29(17-11-26)36-21-5-3-4-19-33(20-23-38)24-30(35)31-18-22-37;;/h6-17,37-38H,3-5,18-24H2,1-2H3,(H,31,35);;/q;;+3/p-3/b14-8+,15-9+;;/i;;1+1. The molecule has 216 valence electrons. The van der Waals surface area contributed by atoms with Crippen molar-refractivity contribution in [3.8, 4) is 5.75 Å². The molecule has 2 rings (SSSR count). The monoisotopic (exact) mass is 667 g/mol. The first-order valence-corrected chi connectivity index (χ1v) is 15.0. The van der Waals surface area contributed by atoms with Gasteiger partial charge in [-0.2, -0.15) is 11.5 Å². The number of benzene rings is 2. The van der Waals surface area contributed by atoms with Crippen molar-refractivity contribution in [3.63, 3.8) is 0 Å². The molecule has 0 bridgehead atoms. The summed E-state index contributed by atoms with van der Waals surface area (Å²) in [6, 6.07) is 15.7. The summed E-state index contributed by atoms with van der Waals surface area (Å²) >= 11 is 10.8. The second-order valence-electron chi connectivity index (χ2n) is 8.99. The molecular formula is C30H38N3O4S2Tc. The SMILES string of the molecule is CN(C)c1ccc(/C=C/C(=O)/C=C/c2ccc(OCCCCCN(CC[S-])CC([O-])=NCC[S-])cc2)cc1.[O]=[99Tc+3]. The zero-order valence-corrected chi connectivity index (χ0v) is 26.7. The Morgan fingerprint density at radius 3 is 2.05 bits per heavy atom. The predicted molar refractivity (Wildman–Crippen MR) is 164 cm³/mol. The van der Waals surface area contributed by atoms with Gasteiger partial charge < -0.3 is 49.9 Å². The summed E-state index contributed by atoms with van der Waals surface area (Å²) in [7, 11) is 3.99. The Morgan fingerprint density at radius 2 is 1.50 bits per heavy atom. The minimum atomic E-state index is -0.119. The van der Waals surface area contributed by atoms with E-state index in [1.807, 2.05) is 73.6 Å². The van der Waals surface area contributed by atoms with E-state index in [2.05, 4.69) is 9.89 Å². The summed E-state index contributed by atoms with van der Waals surface area (Å²) in [6.45, 7) is 2.89. The molecule has 0 radical (unpaired) electrons. The molecule has 40 heavy (non-hydrogen) atoms. The van der Waals surface area contributed by atoms with Crippen LogP contribution in [0.2, 0.25) is 0 Å². The van der Waals surface area contributed by atoms with Gasteiger partial charge in [0, 0.05) is 32.9 Å². The first-order chi connectivity index (χ1) is 19.4. The summed E-state index contributed by atoms with van der Waals surface area (Å²) in [4.78, 5) is 20.2. The topological polar surface area (TPSA) is 85.3 Å². The van der Waals surface area contributed by atoms with E-state index >= 15 is 0 Å². The molecule has 0 aliphatic heterocycles. The van der Waals surface area contributed by atoms with Crippen molar-refractivity contribution in [2.24, 2.45) is 4.99 Å². The van der Waals surface area contributed by atoms with E-state index in [0.29, 0.717) is 37.7 Å². The fraction of sp³-hybridized carbons (Fsp3) is 0.400. The molecule has 0 aliphatic carbocycles. The van der Waals surface area contributed by atoms with Crippen LogP contribution < -0.4 is 14.7 Å². The molecule has 0 atom stereocenters. The Labute approximate surface area is 260 Å². The number of hydrogen-bond donors (Lipinski definition) is 0. The maximum absolute atomic E-state index is 12.2. The van der Waals surface area contributed by atoms with Crippen LogP contribution in [-0.2, 0) is 52.4 Å². The van der Waals surface area contributed by atoms with Crippen molar-refractivity contribution in [3.05, 3.63) is 71.8 Å². The minimum absolute atomic E-state index is 0.0662. The van der Waals surface area contributed by atoms with E-state index in [-0.39, 0.29) is 11.7 Å². The van der Waals surface area contributed by atoms with E-state index in [1.54, 1.807) is 18.2 Å². The first kappa shape index (κ1) is 35.8. The van der Waals surface area contributed by atoms with Gasteiger partial charge in [0.1, 0.15) is 5.75 Å².